The number of nitrogens with one attached hydrogen (secondary N) is 1. The Morgan fingerprint density at radius 3 is 2.60 bits per heavy atom. The minimum Gasteiger partial charge on any atom is -0.310 e. The number of nitrogens with zero attached hydrogens (tertiary/aromatic N) is 2. The molecular weight excluding hydrogens is 186 g/mol. The molecular formula is C12H23N3. The van der Waals surface area contributed by atoms with Crippen molar-refractivity contribution in [3.05, 3.63) is 17.5 Å². The van der Waals surface area contributed by atoms with E-state index in [0.717, 1.165) is 13.0 Å². The van der Waals surface area contributed by atoms with E-state index < -0.39 is 0 Å². The smallest absolute Gasteiger partial charge is 0.0540 e. The van der Waals surface area contributed by atoms with E-state index in [-0.39, 0.29) is 0 Å². The quantitative estimate of drug-likeness (QED) is 0.808. The molecule has 0 saturated heterocycles. The van der Waals surface area contributed by atoms with E-state index in [0.29, 0.717) is 12.1 Å². The summed E-state index contributed by atoms with van der Waals surface area (Å²) in [4.78, 5) is 0. The zero-order valence-corrected chi connectivity index (χ0v) is 10.5. The van der Waals surface area contributed by atoms with Crippen LogP contribution in [0.15, 0.2) is 6.20 Å². The Bertz CT molecular complexity index is 304. The van der Waals surface area contributed by atoms with Crippen molar-refractivity contribution in [2.24, 2.45) is 0 Å². The highest BCUT2D eigenvalue weighted by atomic mass is 15.3. The molecule has 1 N–H and O–H groups in total. The first-order valence-electron chi connectivity index (χ1n) is 5.89. The van der Waals surface area contributed by atoms with Crippen molar-refractivity contribution in [3.8, 4) is 0 Å². The van der Waals surface area contributed by atoms with Crippen LogP contribution in [0, 0.1) is 6.92 Å². The minimum atomic E-state index is 0.396. The maximum absolute atomic E-state index is 4.47. The van der Waals surface area contributed by atoms with Gasteiger partial charge in [-0.1, -0.05) is 13.8 Å². The molecule has 3 nitrogen and oxygen atoms in total. The van der Waals surface area contributed by atoms with E-state index in [2.05, 4.69) is 49.7 Å². The third-order valence-electron chi connectivity index (χ3n) is 3.07. The molecule has 86 valence electrons. The SMILES string of the molecule is CCNC(C)c1cnn(C(C)CC)c1C. The van der Waals surface area contributed by atoms with Crippen LogP contribution in [0.2, 0.25) is 0 Å². The van der Waals surface area contributed by atoms with E-state index in [1.54, 1.807) is 0 Å². The van der Waals surface area contributed by atoms with Crippen LogP contribution in [0.1, 0.15) is 57.5 Å². The van der Waals surface area contributed by atoms with Gasteiger partial charge in [0.15, 0.2) is 0 Å². The number of rotatable bonds is 5. The Labute approximate surface area is 92.9 Å². The molecule has 0 radical (unpaired) electrons. The van der Waals surface area contributed by atoms with Crippen LogP contribution in [-0.2, 0) is 0 Å². The van der Waals surface area contributed by atoms with Crippen molar-refractivity contribution in [1.29, 1.82) is 0 Å². The average molecular weight is 209 g/mol. The van der Waals surface area contributed by atoms with Gasteiger partial charge in [0, 0.05) is 23.3 Å². The molecule has 0 bridgehead atoms. The lowest BCUT2D eigenvalue weighted by molar-refractivity contribution is 0.465. The van der Waals surface area contributed by atoms with Gasteiger partial charge in [0.05, 0.1) is 6.20 Å². The van der Waals surface area contributed by atoms with Crippen LogP contribution in [0.5, 0.6) is 0 Å². The molecule has 0 aromatic carbocycles. The predicted molar refractivity (Wildman–Crippen MR) is 64.1 cm³/mol. The Morgan fingerprint density at radius 1 is 1.40 bits per heavy atom. The number of aromatic nitrogens is 2. The van der Waals surface area contributed by atoms with E-state index >= 15 is 0 Å². The van der Waals surface area contributed by atoms with Crippen LogP contribution >= 0.6 is 0 Å². The monoisotopic (exact) mass is 209 g/mol. The Morgan fingerprint density at radius 2 is 2.07 bits per heavy atom. The van der Waals surface area contributed by atoms with Gasteiger partial charge >= 0.3 is 0 Å². The fraction of sp³-hybridized carbons (Fsp3) is 0.750. The van der Waals surface area contributed by atoms with Gasteiger partial charge < -0.3 is 5.32 Å². The van der Waals surface area contributed by atoms with Crippen molar-refractivity contribution in [2.45, 2.75) is 53.1 Å². The van der Waals surface area contributed by atoms with Crippen LogP contribution < -0.4 is 5.32 Å². The highest BCUT2D eigenvalue weighted by Crippen LogP contribution is 2.20. The van der Waals surface area contributed by atoms with Crippen molar-refractivity contribution >= 4 is 0 Å². The van der Waals surface area contributed by atoms with Crippen LogP contribution in [0.25, 0.3) is 0 Å². The number of hydrogen-bond donors (Lipinski definition) is 1. The molecule has 0 fully saturated rings. The summed E-state index contributed by atoms with van der Waals surface area (Å²) in [6.45, 7) is 11.9. The van der Waals surface area contributed by atoms with Gasteiger partial charge in [0.2, 0.25) is 0 Å². The topological polar surface area (TPSA) is 29.9 Å². The molecule has 1 aromatic rings. The van der Waals surface area contributed by atoms with Crippen molar-refractivity contribution in [1.82, 2.24) is 15.1 Å². The summed E-state index contributed by atoms with van der Waals surface area (Å²) in [7, 11) is 0. The molecule has 1 heterocycles. The molecule has 0 spiro atoms. The summed E-state index contributed by atoms with van der Waals surface area (Å²) < 4.78 is 2.13. The molecule has 0 amide bonds. The summed E-state index contributed by atoms with van der Waals surface area (Å²) in [6.07, 6.45) is 3.12. The fourth-order valence-corrected chi connectivity index (χ4v) is 1.90. The lowest BCUT2D eigenvalue weighted by Gasteiger charge is -2.15. The van der Waals surface area contributed by atoms with Crippen molar-refractivity contribution in [3.63, 3.8) is 0 Å². The molecule has 0 aliphatic carbocycles. The molecule has 0 aliphatic heterocycles. The zero-order chi connectivity index (χ0) is 11.4. The molecule has 1 aromatic heterocycles. The Hall–Kier alpha value is -0.830. The van der Waals surface area contributed by atoms with E-state index in [9.17, 15) is 0 Å². The summed E-state index contributed by atoms with van der Waals surface area (Å²) in [5.74, 6) is 0. The molecule has 2 atom stereocenters. The molecule has 0 aliphatic rings. The van der Waals surface area contributed by atoms with Gasteiger partial charge in [-0.3, -0.25) is 4.68 Å². The minimum absolute atomic E-state index is 0.396. The van der Waals surface area contributed by atoms with Crippen LogP contribution in [-0.4, -0.2) is 16.3 Å². The van der Waals surface area contributed by atoms with Gasteiger partial charge in [0.25, 0.3) is 0 Å². The predicted octanol–water partition coefficient (Wildman–Crippen LogP) is 2.83. The first-order valence-corrected chi connectivity index (χ1v) is 5.89. The zero-order valence-electron chi connectivity index (χ0n) is 10.5. The second-order valence-corrected chi connectivity index (χ2v) is 4.17. The summed E-state index contributed by atoms with van der Waals surface area (Å²) in [6, 6.07) is 0.889. The summed E-state index contributed by atoms with van der Waals surface area (Å²) in [5.41, 5.74) is 2.61. The highest BCUT2D eigenvalue weighted by molar-refractivity contribution is 5.20. The van der Waals surface area contributed by atoms with Gasteiger partial charge in [-0.15, -0.1) is 0 Å². The lowest BCUT2D eigenvalue weighted by atomic mass is 10.1. The van der Waals surface area contributed by atoms with Crippen molar-refractivity contribution in [2.75, 3.05) is 6.54 Å². The standard InChI is InChI=1S/C12H23N3/c1-6-9(3)15-11(5)12(8-14-15)10(4)13-7-2/h8-10,13H,6-7H2,1-5H3. The second kappa shape index (κ2) is 5.31. The lowest BCUT2D eigenvalue weighted by Crippen LogP contribution is -2.18. The van der Waals surface area contributed by atoms with Gasteiger partial charge in [-0.25, -0.2) is 0 Å². The largest absolute Gasteiger partial charge is 0.310 e. The maximum atomic E-state index is 4.47. The Kier molecular flexibility index (Phi) is 4.33. The van der Waals surface area contributed by atoms with Gasteiger partial charge in [-0.2, -0.15) is 5.10 Å². The van der Waals surface area contributed by atoms with Crippen LogP contribution in [0.3, 0.4) is 0 Å². The molecule has 0 saturated carbocycles. The fourth-order valence-electron chi connectivity index (χ4n) is 1.90. The normalized spacial score (nSPS) is 15.3. The molecule has 3 heteroatoms. The molecule has 2 unspecified atom stereocenters. The third kappa shape index (κ3) is 2.59. The second-order valence-electron chi connectivity index (χ2n) is 4.17. The Balaban J connectivity index is 2.88. The molecule has 15 heavy (non-hydrogen) atoms. The number of hydrogen-bond acceptors (Lipinski definition) is 2. The third-order valence-corrected chi connectivity index (χ3v) is 3.07. The first-order chi connectivity index (χ1) is 7.11. The average Bonchev–Trinajstić information content (AvgIpc) is 2.59. The van der Waals surface area contributed by atoms with Crippen LogP contribution in [0.4, 0.5) is 0 Å². The van der Waals surface area contributed by atoms with E-state index in [1.807, 2.05) is 6.20 Å². The van der Waals surface area contributed by atoms with E-state index in [4.69, 9.17) is 0 Å². The molecule has 1 rings (SSSR count). The van der Waals surface area contributed by atoms with Gasteiger partial charge in [-0.05, 0) is 33.7 Å². The van der Waals surface area contributed by atoms with Crippen molar-refractivity contribution < 1.29 is 0 Å². The maximum Gasteiger partial charge on any atom is 0.0540 e. The van der Waals surface area contributed by atoms with E-state index in [1.165, 1.54) is 11.3 Å². The summed E-state index contributed by atoms with van der Waals surface area (Å²) >= 11 is 0. The van der Waals surface area contributed by atoms with Gasteiger partial charge in [0.1, 0.15) is 0 Å². The first kappa shape index (κ1) is 12.2. The summed E-state index contributed by atoms with van der Waals surface area (Å²) in [5, 5.41) is 7.89. The highest BCUT2D eigenvalue weighted by Gasteiger charge is 2.14.